The zero-order valence-corrected chi connectivity index (χ0v) is 13.0. The number of nitrogens with two attached hydrogens (primary N) is 1. The lowest BCUT2D eigenvalue weighted by molar-refractivity contribution is -0.385. The number of benzene rings is 2. The molecular formula is C17H16N4O3. The van der Waals surface area contributed by atoms with Gasteiger partial charge in [-0.05, 0) is 24.1 Å². The van der Waals surface area contributed by atoms with Crippen LogP contribution < -0.4 is 10.5 Å². The molecule has 0 unspecified atom stereocenters. The van der Waals surface area contributed by atoms with E-state index in [9.17, 15) is 10.1 Å². The number of nitrogens with zero attached hydrogens (tertiary/aromatic N) is 2. The molecule has 2 aromatic carbocycles. The van der Waals surface area contributed by atoms with Crippen molar-refractivity contribution in [1.29, 1.82) is 0 Å². The van der Waals surface area contributed by atoms with Crippen LogP contribution in [0, 0.1) is 17.0 Å². The fourth-order valence-corrected chi connectivity index (χ4v) is 2.45. The number of nitro benzene ring substituents is 1. The van der Waals surface area contributed by atoms with Crippen molar-refractivity contribution >= 4 is 11.5 Å². The number of H-pyrrole nitrogens is 1. The van der Waals surface area contributed by atoms with Gasteiger partial charge in [-0.2, -0.15) is 5.10 Å². The van der Waals surface area contributed by atoms with E-state index in [2.05, 4.69) is 10.2 Å². The van der Waals surface area contributed by atoms with Gasteiger partial charge < -0.3 is 10.5 Å². The van der Waals surface area contributed by atoms with E-state index in [4.69, 9.17) is 10.5 Å². The molecule has 0 aliphatic rings. The van der Waals surface area contributed by atoms with Crippen molar-refractivity contribution < 1.29 is 9.66 Å². The third-order valence-electron chi connectivity index (χ3n) is 3.52. The van der Waals surface area contributed by atoms with Crippen LogP contribution in [0.1, 0.15) is 11.1 Å². The Kier molecular flexibility index (Phi) is 4.15. The van der Waals surface area contributed by atoms with Crippen molar-refractivity contribution in [2.45, 2.75) is 13.5 Å². The first kappa shape index (κ1) is 15.5. The number of rotatable bonds is 5. The van der Waals surface area contributed by atoms with Gasteiger partial charge in [0.15, 0.2) is 0 Å². The van der Waals surface area contributed by atoms with Gasteiger partial charge in [-0.25, -0.2) is 0 Å². The highest BCUT2D eigenvalue weighted by Crippen LogP contribution is 2.39. The standard InChI is InChI=1S/C17H16N4O3/c1-11-7-13(14-9-16(18)20-19-14)17(15(8-11)21(22)23)24-10-12-5-3-2-4-6-12/h2-9H,10H2,1H3,(H3,18,19,20). The Morgan fingerprint density at radius 2 is 2.00 bits per heavy atom. The zero-order valence-electron chi connectivity index (χ0n) is 13.0. The van der Waals surface area contributed by atoms with Gasteiger partial charge in [-0.1, -0.05) is 30.3 Å². The first-order valence-corrected chi connectivity index (χ1v) is 7.31. The van der Waals surface area contributed by atoms with Crippen molar-refractivity contribution in [3.05, 3.63) is 69.8 Å². The van der Waals surface area contributed by atoms with E-state index in [1.807, 2.05) is 30.3 Å². The second-order valence-corrected chi connectivity index (χ2v) is 5.40. The number of nitrogen functional groups attached to an aromatic ring is 1. The number of nitro groups is 1. The molecule has 0 aliphatic heterocycles. The Hall–Kier alpha value is -3.35. The van der Waals surface area contributed by atoms with Crippen LogP contribution in [0.2, 0.25) is 0 Å². The fourth-order valence-electron chi connectivity index (χ4n) is 2.45. The van der Waals surface area contributed by atoms with E-state index in [0.29, 0.717) is 17.1 Å². The molecule has 0 aliphatic carbocycles. The highest BCUT2D eigenvalue weighted by molar-refractivity contribution is 5.75. The molecular weight excluding hydrogens is 308 g/mol. The summed E-state index contributed by atoms with van der Waals surface area (Å²) in [5, 5.41) is 18.1. The maximum absolute atomic E-state index is 11.4. The molecule has 0 atom stereocenters. The molecule has 0 radical (unpaired) electrons. The number of ether oxygens (including phenoxy) is 1. The van der Waals surface area contributed by atoms with Gasteiger partial charge in [0.1, 0.15) is 12.4 Å². The largest absolute Gasteiger partial charge is 0.481 e. The fraction of sp³-hybridized carbons (Fsp3) is 0.118. The average molecular weight is 324 g/mol. The molecule has 3 aromatic rings. The predicted molar refractivity (Wildman–Crippen MR) is 90.6 cm³/mol. The van der Waals surface area contributed by atoms with E-state index in [1.54, 1.807) is 19.1 Å². The van der Waals surface area contributed by atoms with Crippen molar-refractivity contribution in [2.24, 2.45) is 0 Å². The lowest BCUT2D eigenvalue weighted by Gasteiger charge is -2.12. The summed E-state index contributed by atoms with van der Waals surface area (Å²) in [4.78, 5) is 11.0. The summed E-state index contributed by atoms with van der Waals surface area (Å²) >= 11 is 0. The first-order valence-electron chi connectivity index (χ1n) is 7.31. The molecule has 7 heteroatoms. The highest BCUT2D eigenvalue weighted by atomic mass is 16.6. The third-order valence-corrected chi connectivity index (χ3v) is 3.52. The maximum Gasteiger partial charge on any atom is 0.311 e. The second kappa shape index (κ2) is 6.41. The highest BCUT2D eigenvalue weighted by Gasteiger charge is 2.22. The SMILES string of the molecule is Cc1cc(-c2cc(N)n[nH]2)c(OCc2ccccc2)c([N+](=O)[O-])c1. The quantitative estimate of drug-likeness (QED) is 0.552. The molecule has 3 rings (SSSR count). The van der Waals surface area contributed by atoms with Crippen LogP contribution in [0.5, 0.6) is 5.75 Å². The summed E-state index contributed by atoms with van der Waals surface area (Å²) in [6.07, 6.45) is 0. The number of hydrogen-bond acceptors (Lipinski definition) is 5. The van der Waals surface area contributed by atoms with Gasteiger partial charge in [0, 0.05) is 17.7 Å². The van der Waals surface area contributed by atoms with E-state index in [1.165, 1.54) is 6.07 Å². The lowest BCUT2D eigenvalue weighted by atomic mass is 10.1. The van der Waals surface area contributed by atoms with E-state index >= 15 is 0 Å². The zero-order chi connectivity index (χ0) is 17.1. The molecule has 24 heavy (non-hydrogen) atoms. The minimum atomic E-state index is -0.448. The number of hydrogen-bond donors (Lipinski definition) is 2. The van der Waals surface area contributed by atoms with E-state index in [-0.39, 0.29) is 18.0 Å². The molecule has 0 fully saturated rings. The normalized spacial score (nSPS) is 10.5. The van der Waals surface area contributed by atoms with Gasteiger partial charge in [-0.3, -0.25) is 15.2 Å². The van der Waals surface area contributed by atoms with Crippen LogP contribution in [0.3, 0.4) is 0 Å². The lowest BCUT2D eigenvalue weighted by Crippen LogP contribution is -2.02. The number of aromatic nitrogens is 2. The molecule has 1 heterocycles. The van der Waals surface area contributed by atoms with Crippen molar-refractivity contribution in [2.75, 3.05) is 5.73 Å². The van der Waals surface area contributed by atoms with Gasteiger partial charge in [0.05, 0.1) is 10.6 Å². The monoisotopic (exact) mass is 324 g/mol. The molecule has 3 N–H and O–H groups in total. The van der Waals surface area contributed by atoms with Crippen molar-refractivity contribution in [3.8, 4) is 17.0 Å². The van der Waals surface area contributed by atoms with E-state index < -0.39 is 4.92 Å². The van der Waals surface area contributed by atoms with Gasteiger partial charge in [0.25, 0.3) is 0 Å². The van der Waals surface area contributed by atoms with Crippen LogP contribution in [-0.2, 0) is 6.61 Å². The molecule has 1 aromatic heterocycles. The summed E-state index contributed by atoms with van der Waals surface area (Å²) in [5.74, 6) is 0.501. The molecule has 0 amide bonds. The Bertz CT molecular complexity index is 875. The topological polar surface area (TPSA) is 107 Å². The van der Waals surface area contributed by atoms with Gasteiger partial charge >= 0.3 is 5.69 Å². The van der Waals surface area contributed by atoms with Crippen LogP contribution >= 0.6 is 0 Å². The summed E-state index contributed by atoms with van der Waals surface area (Å²) < 4.78 is 5.80. The molecule has 7 nitrogen and oxygen atoms in total. The minimum Gasteiger partial charge on any atom is -0.481 e. The van der Waals surface area contributed by atoms with E-state index in [0.717, 1.165) is 11.1 Å². The Morgan fingerprint density at radius 1 is 1.25 bits per heavy atom. The Labute approximate surface area is 138 Å². The second-order valence-electron chi connectivity index (χ2n) is 5.40. The molecule has 0 saturated heterocycles. The minimum absolute atomic E-state index is 0.0888. The molecule has 0 bridgehead atoms. The molecule has 0 spiro atoms. The number of aromatic amines is 1. The molecule has 0 saturated carbocycles. The summed E-state index contributed by atoms with van der Waals surface area (Å²) in [7, 11) is 0. The van der Waals surface area contributed by atoms with Crippen LogP contribution in [-0.4, -0.2) is 15.1 Å². The van der Waals surface area contributed by atoms with Crippen molar-refractivity contribution in [3.63, 3.8) is 0 Å². The first-order chi connectivity index (χ1) is 11.5. The number of nitrogens with one attached hydrogen (secondary N) is 1. The third kappa shape index (κ3) is 3.19. The summed E-state index contributed by atoms with van der Waals surface area (Å²) in [5.41, 5.74) is 8.36. The number of aryl methyl sites for hydroxylation is 1. The summed E-state index contributed by atoms with van der Waals surface area (Å²) in [6.45, 7) is 2.01. The smallest absolute Gasteiger partial charge is 0.311 e. The number of anilines is 1. The van der Waals surface area contributed by atoms with Crippen LogP contribution in [0.15, 0.2) is 48.5 Å². The Balaban J connectivity index is 2.05. The predicted octanol–water partition coefficient (Wildman–Crippen LogP) is 3.45. The van der Waals surface area contributed by atoms with Crippen LogP contribution in [0.25, 0.3) is 11.3 Å². The maximum atomic E-state index is 11.4. The van der Waals surface area contributed by atoms with Gasteiger partial charge in [0.2, 0.25) is 5.75 Å². The van der Waals surface area contributed by atoms with Crippen molar-refractivity contribution in [1.82, 2.24) is 10.2 Å². The summed E-state index contributed by atoms with van der Waals surface area (Å²) in [6, 6.07) is 14.4. The van der Waals surface area contributed by atoms with Crippen LogP contribution in [0.4, 0.5) is 11.5 Å². The molecule has 122 valence electrons. The Morgan fingerprint density at radius 3 is 2.62 bits per heavy atom. The average Bonchev–Trinajstić information content (AvgIpc) is 3.00. The van der Waals surface area contributed by atoms with Gasteiger partial charge in [-0.15, -0.1) is 0 Å².